The van der Waals surface area contributed by atoms with E-state index >= 15 is 0 Å². The van der Waals surface area contributed by atoms with E-state index in [-0.39, 0.29) is 0 Å². The van der Waals surface area contributed by atoms with E-state index in [2.05, 4.69) is 24.4 Å². The van der Waals surface area contributed by atoms with E-state index < -0.39 is 0 Å². The van der Waals surface area contributed by atoms with Gasteiger partial charge in [-0.2, -0.15) is 0 Å². The Bertz CT molecular complexity index is 397. The number of fused-ring (bicyclic) bond motifs is 1. The van der Waals surface area contributed by atoms with Crippen molar-refractivity contribution in [1.82, 2.24) is 5.32 Å². The number of ether oxygens (including phenoxy) is 2. The zero-order chi connectivity index (χ0) is 11.0. The summed E-state index contributed by atoms with van der Waals surface area (Å²) in [6.45, 7) is 2.57. The Labute approximate surface area is 99.5 Å². The molecule has 3 rings (SSSR count). The van der Waals surface area contributed by atoms with Crippen molar-refractivity contribution in [3.63, 3.8) is 0 Å². The van der Waals surface area contributed by atoms with Crippen molar-refractivity contribution in [2.45, 2.75) is 24.8 Å². The van der Waals surface area contributed by atoms with Gasteiger partial charge in [0.2, 0.25) is 6.79 Å². The Kier molecular flexibility index (Phi) is 2.69. The molecule has 2 aliphatic rings. The van der Waals surface area contributed by atoms with Gasteiger partial charge in [-0.3, -0.25) is 5.32 Å². The predicted molar refractivity (Wildman–Crippen MR) is 65.0 cm³/mol. The second-order valence-electron chi connectivity index (χ2n) is 4.10. The number of benzene rings is 1. The first-order valence-corrected chi connectivity index (χ1v) is 6.69. The molecular formula is C12H15NO2S. The van der Waals surface area contributed by atoms with E-state index in [1.165, 1.54) is 17.7 Å². The van der Waals surface area contributed by atoms with Gasteiger partial charge in [0.1, 0.15) is 0 Å². The summed E-state index contributed by atoms with van der Waals surface area (Å²) in [7, 11) is 0. The molecule has 2 atom stereocenters. The molecule has 0 saturated carbocycles. The molecular weight excluding hydrogens is 222 g/mol. The maximum absolute atomic E-state index is 5.39. The molecule has 1 aromatic carbocycles. The van der Waals surface area contributed by atoms with Crippen LogP contribution in [0.5, 0.6) is 11.5 Å². The molecule has 0 amide bonds. The van der Waals surface area contributed by atoms with Crippen LogP contribution < -0.4 is 14.8 Å². The molecule has 0 spiro atoms. The molecule has 2 heterocycles. The summed E-state index contributed by atoms with van der Waals surface area (Å²) in [5.41, 5.74) is 1.28. The fourth-order valence-corrected chi connectivity index (χ4v) is 3.41. The average Bonchev–Trinajstić information content (AvgIpc) is 2.96. The Morgan fingerprint density at radius 2 is 2.25 bits per heavy atom. The minimum Gasteiger partial charge on any atom is -0.454 e. The molecule has 0 aromatic heterocycles. The molecule has 1 saturated heterocycles. The van der Waals surface area contributed by atoms with Gasteiger partial charge in [-0.15, -0.1) is 11.8 Å². The topological polar surface area (TPSA) is 30.5 Å². The van der Waals surface area contributed by atoms with Crippen molar-refractivity contribution in [2.75, 3.05) is 12.5 Å². The molecule has 2 unspecified atom stereocenters. The van der Waals surface area contributed by atoms with Crippen LogP contribution in [0, 0.1) is 0 Å². The second-order valence-corrected chi connectivity index (χ2v) is 5.24. The SMILES string of the molecule is CCC1CSC(c2ccc3c(c2)OCO3)N1. The molecule has 0 radical (unpaired) electrons. The zero-order valence-corrected chi connectivity index (χ0v) is 10.0. The van der Waals surface area contributed by atoms with E-state index in [9.17, 15) is 0 Å². The summed E-state index contributed by atoms with van der Waals surface area (Å²) in [6, 6.07) is 6.85. The maximum atomic E-state index is 5.39. The molecule has 1 aromatic rings. The smallest absolute Gasteiger partial charge is 0.231 e. The summed E-state index contributed by atoms with van der Waals surface area (Å²) in [5.74, 6) is 2.92. The van der Waals surface area contributed by atoms with Gasteiger partial charge < -0.3 is 9.47 Å². The third kappa shape index (κ3) is 1.76. The first kappa shape index (κ1) is 10.3. The minimum absolute atomic E-state index is 0.349. The molecule has 1 fully saturated rings. The van der Waals surface area contributed by atoms with Crippen LogP contribution in [0.4, 0.5) is 0 Å². The Morgan fingerprint density at radius 1 is 1.38 bits per heavy atom. The van der Waals surface area contributed by atoms with Crippen LogP contribution >= 0.6 is 11.8 Å². The monoisotopic (exact) mass is 237 g/mol. The highest BCUT2D eigenvalue weighted by Crippen LogP contribution is 2.39. The molecule has 3 nitrogen and oxygen atoms in total. The van der Waals surface area contributed by atoms with Crippen LogP contribution in [0.15, 0.2) is 18.2 Å². The normalized spacial score (nSPS) is 27.3. The average molecular weight is 237 g/mol. The number of nitrogens with one attached hydrogen (secondary N) is 1. The standard InChI is InChI=1S/C12H15NO2S/c1-2-9-6-16-12(13-9)8-3-4-10-11(5-8)15-7-14-10/h3-5,9,12-13H,2,6-7H2,1H3. The molecule has 16 heavy (non-hydrogen) atoms. The van der Waals surface area contributed by atoms with Gasteiger partial charge in [0.05, 0.1) is 5.37 Å². The molecule has 86 valence electrons. The van der Waals surface area contributed by atoms with Gasteiger partial charge in [0.25, 0.3) is 0 Å². The maximum Gasteiger partial charge on any atom is 0.231 e. The number of rotatable bonds is 2. The van der Waals surface area contributed by atoms with Gasteiger partial charge >= 0.3 is 0 Å². The van der Waals surface area contributed by atoms with Crippen LogP contribution in [-0.2, 0) is 0 Å². The van der Waals surface area contributed by atoms with Gasteiger partial charge in [-0.05, 0) is 24.1 Å². The fourth-order valence-electron chi connectivity index (χ4n) is 2.03. The third-order valence-electron chi connectivity index (χ3n) is 3.04. The number of hydrogen-bond donors (Lipinski definition) is 1. The van der Waals surface area contributed by atoms with E-state index in [0.29, 0.717) is 18.2 Å². The summed E-state index contributed by atoms with van der Waals surface area (Å²) >= 11 is 1.97. The van der Waals surface area contributed by atoms with Crippen LogP contribution in [0.1, 0.15) is 24.3 Å². The van der Waals surface area contributed by atoms with Crippen LogP contribution in [0.2, 0.25) is 0 Å². The lowest BCUT2D eigenvalue weighted by Crippen LogP contribution is -2.24. The molecule has 0 aliphatic carbocycles. The van der Waals surface area contributed by atoms with E-state index in [1.807, 2.05) is 17.8 Å². The first-order chi connectivity index (χ1) is 7.86. The Hall–Kier alpha value is -0.870. The van der Waals surface area contributed by atoms with E-state index in [1.54, 1.807) is 0 Å². The highest BCUT2D eigenvalue weighted by molar-refractivity contribution is 7.99. The summed E-state index contributed by atoms with van der Waals surface area (Å²) < 4.78 is 10.7. The second kappa shape index (κ2) is 4.18. The number of thioether (sulfide) groups is 1. The minimum atomic E-state index is 0.349. The van der Waals surface area contributed by atoms with Crippen molar-refractivity contribution in [3.8, 4) is 11.5 Å². The van der Waals surface area contributed by atoms with Gasteiger partial charge in [0, 0.05) is 11.8 Å². The largest absolute Gasteiger partial charge is 0.454 e. The fraction of sp³-hybridized carbons (Fsp3) is 0.500. The molecule has 2 aliphatic heterocycles. The summed E-state index contributed by atoms with van der Waals surface area (Å²) in [4.78, 5) is 0. The highest BCUT2D eigenvalue weighted by Gasteiger charge is 2.25. The Balaban J connectivity index is 1.80. The lowest BCUT2D eigenvalue weighted by atomic mass is 10.2. The highest BCUT2D eigenvalue weighted by atomic mass is 32.2. The first-order valence-electron chi connectivity index (χ1n) is 5.64. The predicted octanol–water partition coefficient (Wildman–Crippen LogP) is 2.53. The Morgan fingerprint density at radius 3 is 3.06 bits per heavy atom. The lowest BCUT2D eigenvalue weighted by Gasteiger charge is -2.12. The van der Waals surface area contributed by atoms with Crippen LogP contribution in [0.3, 0.4) is 0 Å². The van der Waals surface area contributed by atoms with E-state index in [0.717, 1.165) is 11.5 Å². The lowest BCUT2D eigenvalue weighted by molar-refractivity contribution is 0.174. The van der Waals surface area contributed by atoms with E-state index in [4.69, 9.17) is 9.47 Å². The van der Waals surface area contributed by atoms with Gasteiger partial charge in [0.15, 0.2) is 11.5 Å². The van der Waals surface area contributed by atoms with Crippen molar-refractivity contribution in [2.24, 2.45) is 0 Å². The molecule has 1 N–H and O–H groups in total. The third-order valence-corrected chi connectivity index (χ3v) is 4.38. The van der Waals surface area contributed by atoms with Crippen LogP contribution in [-0.4, -0.2) is 18.6 Å². The van der Waals surface area contributed by atoms with Gasteiger partial charge in [-0.1, -0.05) is 13.0 Å². The van der Waals surface area contributed by atoms with Crippen molar-refractivity contribution >= 4 is 11.8 Å². The summed E-state index contributed by atoms with van der Waals surface area (Å²) in [6.07, 6.45) is 1.19. The molecule has 4 heteroatoms. The quantitative estimate of drug-likeness (QED) is 0.856. The van der Waals surface area contributed by atoms with Crippen molar-refractivity contribution < 1.29 is 9.47 Å². The van der Waals surface area contributed by atoms with Crippen molar-refractivity contribution in [1.29, 1.82) is 0 Å². The molecule has 0 bridgehead atoms. The summed E-state index contributed by atoms with van der Waals surface area (Å²) in [5, 5.41) is 4.02. The van der Waals surface area contributed by atoms with Gasteiger partial charge in [-0.25, -0.2) is 0 Å². The van der Waals surface area contributed by atoms with Crippen LogP contribution in [0.25, 0.3) is 0 Å². The van der Waals surface area contributed by atoms with Crippen molar-refractivity contribution in [3.05, 3.63) is 23.8 Å². The zero-order valence-electron chi connectivity index (χ0n) is 9.23. The number of hydrogen-bond acceptors (Lipinski definition) is 4.